The summed E-state index contributed by atoms with van der Waals surface area (Å²) < 4.78 is 25.7. The van der Waals surface area contributed by atoms with E-state index in [1.807, 2.05) is 0 Å². The molecule has 0 aliphatic carbocycles. The Labute approximate surface area is 69.8 Å². The highest BCUT2D eigenvalue weighted by atomic mass is 32.2. The minimum absolute atomic E-state index is 0.0894. The molecule has 5 nitrogen and oxygen atoms in total. The van der Waals surface area contributed by atoms with Gasteiger partial charge in [0, 0.05) is 6.20 Å². The molecule has 0 unspecified atom stereocenters. The maximum Gasteiger partial charge on any atom is 0.333 e. The Morgan fingerprint density at radius 3 is 2.83 bits per heavy atom. The molecule has 0 saturated carbocycles. The van der Waals surface area contributed by atoms with E-state index in [2.05, 4.69) is 9.17 Å². The van der Waals surface area contributed by atoms with E-state index < -0.39 is 16.1 Å². The Balaban J connectivity index is 2.78. The van der Waals surface area contributed by atoms with Gasteiger partial charge in [0.05, 0.1) is 6.20 Å². The highest BCUT2D eigenvalue weighted by molar-refractivity contribution is 7.86. The first-order chi connectivity index (χ1) is 5.64. The molecule has 1 N–H and O–H groups in total. The summed E-state index contributed by atoms with van der Waals surface area (Å²) in [6, 6.07) is 2.96. The highest BCUT2D eigenvalue weighted by Gasteiger charge is 2.09. The Morgan fingerprint density at radius 2 is 2.33 bits per heavy atom. The lowest BCUT2D eigenvalue weighted by Gasteiger charge is -2.01. The minimum atomic E-state index is -3.86. The zero-order valence-corrected chi connectivity index (χ0v) is 6.86. The van der Waals surface area contributed by atoms with Crippen molar-refractivity contribution in [1.29, 1.82) is 0 Å². The van der Waals surface area contributed by atoms with E-state index in [9.17, 15) is 8.42 Å². The van der Waals surface area contributed by atoms with E-state index in [4.69, 9.17) is 5.11 Å². The van der Waals surface area contributed by atoms with Gasteiger partial charge in [-0.3, -0.25) is 4.98 Å². The van der Waals surface area contributed by atoms with Crippen LogP contribution in [-0.2, 0) is 10.1 Å². The van der Waals surface area contributed by atoms with Crippen LogP contribution in [0.25, 0.3) is 0 Å². The van der Waals surface area contributed by atoms with Gasteiger partial charge < -0.3 is 9.29 Å². The molecule has 0 aliphatic heterocycles. The Bertz CT molecular complexity index is 334. The van der Waals surface area contributed by atoms with Crippen molar-refractivity contribution in [2.75, 3.05) is 5.94 Å². The summed E-state index contributed by atoms with van der Waals surface area (Å²) in [6.07, 6.45) is 2.73. The van der Waals surface area contributed by atoms with Gasteiger partial charge in [-0.15, -0.1) is 0 Å². The predicted molar refractivity (Wildman–Crippen MR) is 40.9 cm³/mol. The Morgan fingerprint density at radius 1 is 1.58 bits per heavy atom. The molecule has 0 bridgehead atoms. The number of aromatic nitrogens is 1. The fourth-order valence-electron chi connectivity index (χ4n) is 0.569. The molecule has 0 spiro atoms. The number of hydrogen-bond acceptors (Lipinski definition) is 5. The summed E-state index contributed by atoms with van der Waals surface area (Å²) in [5, 5.41) is 8.32. The third-order valence-electron chi connectivity index (χ3n) is 1.02. The van der Waals surface area contributed by atoms with E-state index in [1.165, 1.54) is 24.5 Å². The number of nitrogens with zero attached hydrogens (tertiary/aromatic N) is 1. The van der Waals surface area contributed by atoms with E-state index in [0.717, 1.165) is 0 Å². The molecular formula is C6H7NO4S. The predicted octanol–water partition coefficient (Wildman–Crippen LogP) is -0.260. The van der Waals surface area contributed by atoms with Crippen LogP contribution in [0.3, 0.4) is 0 Å². The lowest BCUT2D eigenvalue weighted by molar-refractivity contribution is 0.338. The molecule has 66 valence electrons. The van der Waals surface area contributed by atoms with Crippen LogP contribution in [0.5, 0.6) is 5.75 Å². The molecule has 0 fully saturated rings. The topological polar surface area (TPSA) is 76.5 Å². The van der Waals surface area contributed by atoms with Gasteiger partial charge in [0.25, 0.3) is 0 Å². The smallest absolute Gasteiger partial charge is 0.333 e. The largest absolute Gasteiger partial charge is 0.379 e. The Hall–Kier alpha value is -1.14. The lowest BCUT2D eigenvalue weighted by atomic mass is 10.5. The van der Waals surface area contributed by atoms with E-state index in [1.54, 1.807) is 0 Å². The first kappa shape index (κ1) is 8.95. The number of pyridine rings is 1. The van der Waals surface area contributed by atoms with Crippen LogP contribution < -0.4 is 4.18 Å². The first-order valence-electron chi connectivity index (χ1n) is 3.07. The maximum atomic E-state index is 10.7. The van der Waals surface area contributed by atoms with Crippen LogP contribution in [-0.4, -0.2) is 24.4 Å². The van der Waals surface area contributed by atoms with Crippen molar-refractivity contribution >= 4 is 10.1 Å². The summed E-state index contributed by atoms with van der Waals surface area (Å²) >= 11 is 0. The quantitative estimate of drug-likeness (QED) is 0.663. The fourth-order valence-corrected chi connectivity index (χ4v) is 1.01. The number of rotatable bonds is 3. The molecular weight excluding hydrogens is 182 g/mol. The molecule has 0 aromatic carbocycles. The minimum Gasteiger partial charge on any atom is -0.379 e. The van der Waals surface area contributed by atoms with Gasteiger partial charge >= 0.3 is 10.1 Å². The van der Waals surface area contributed by atoms with Gasteiger partial charge in [-0.25, -0.2) is 0 Å². The molecule has 0 radical (unpaired) electrons. The van der Waals surface area contributed by atoms with Crippen LogP contribution in [0.1, 0.15) is 0 Å². The first-order valence-corrected chi connectivity index (χ1v) is 4.65. The third kappa shape index (κ3) is 2.48. The van der Waals surface area contributed by atoms with Crippen LogP contribution in [0.4, 0.5) is 0 Å². The van der Waals surface area contributed by atoms with Crippen molar-refractivity contribution < 1.29 is 17.7 Å². The fraction of sp³-hybridized carbons (Fsp3) is 0.167. The van der Waals surface area contributed by atoms with Crippen LogP contribution in [0.2, 0.25) is 0 Å². The van der Waals surface area contributed by atoms with Crippen molar-refractivity contribution in [2.24, 2.45) is 0 Å². The highest BCUT2D eigenvalue weighted by Crippen LogP contribution is 2.08. The van der Waals surface area contributed by atoms with Crippen molar-refractivity contribution in [3.05, 3.63) is 24.5 Å². The molecule has 6 heteroatoms. The van der Waals surface area contributed by atoms with Crippen LogP contribution in [0, 0.1) is 0 Å². The lowest BCUT2D eigenvalue weighted by Crippen LogP contribution is -2.12. The van der Waals surface area contributed by atoms with Crippen molar-refractivity contribution in [2.45, 2.75) is 0 Å². The molecule has 1 aromatic heterocycles. The summed E-state index contributed by atoms with van der Waals surface area (Å²) in [5.41, 5.74) is 0. The molecule has 1 heterocycles. The van der Waals surface area contributed by atoms with E-state index in [0.29, 0.717) is 0 Å². The van der Waals surface area contributed by atoms with Crippen molar-refractivity contribution in [3.8, 4) is 5.75 Å². The van der Waals surface area contributed by atoms with Gasteiger partial charge in [0.1, 0.15) is 0 Å². The molecule has 1 rings (SSSR count). The van der Waals surface area contributed by atoms with Gasteiger partial charge in [0.2, 0.25) is 0 Å². The molecule has 0 atom stereocenters. The average Bonchev–Trinajstić information content (AvgIpc) is 2.06. The molecule has 12 heavy (non-hydrogen) atoms. The van der Waals surface area contributed by atoms with Crippen LogP contribution >= 0.6 is 0 Å². The molecule has 0 saturated heterocycles. The maximum absolute atomic E-state index is 10.7. The zero-order chi connectivity index (χ0) is 9.03. The second-order valence-corrected chi connectivity index (χ2v) is 3.50. The second kappa shape index (κ2) is 3.51. The van der Waals surface area contributed by atoms with Gasteiger partial charge in [-0.2, -0.15) is 8.42 Å². The average molecular weight is 189 g/mol. The summed E-state index contributed by atoms with van der Waals surface area (Å²) in [6.45, 7) is 0. The molecule has 0 aliphatic rings. The number of hydrogen-bond donors (Lipinski definition) is 1. The Kier molecular flexibility index (Phi) is 2.61. The number of aliphatic hydroxyl groups excluding tert-OH is 1. The third-order valence-corrected chi connectivity index (χ3v) is 1.78. The normalized spacial score (nSPS) is 11.1. The van der Waals surface area contributed by atoms with Gasteiger partial charge in [-0.05, 0) is 12.1 Å². The van der Waals surface area contributed by atoms with Gasteiger partial charge in [0.15, 0.2) is 11.7 Å². The standard InChI is InChI=1S/C6H7NO4S/c8-5-12(9,10)11-6-2-1-3-7-4-6/h1-4,8H,5H2. The van der Waals surface area contributed by atoms with E-state index in [-0.39, 0.29) is 5.75 Å². The second-order valence-electron chi connectivity index (χ2n) is 1.96. The molecule has 0 amide bonds. The monoisotopic (exact) mass is 189 g/mol. The zero-order valence-electron chi connectivity index (χ0n) is 6.04. The molecule has 1 aromatic rings. The van der Waals surface area contributed by atoms with Crippen LogP contribution in [0.15, 0.2) is 24.5 Å². The van der Waals surface area contributed by atoms with E-state index >= 15 is 0 Å². The SMILES string of the molecule is O=S(=O)(CO)Oc1cccnc1. The summed E-state index contributed by atoms with van der Waals surface area (Å²) in [4.78, 5) is 3.63. The van der Waals surface area contributed by atoms with Crippen molar-refractivity contribution in [1.82, 2.24) is 4.98 Å². The van der Waals surface area contributed by atoms with Gasteiger partial charge in [-0.1, -0.05) is 0 Å². The summed E-state index contributed by atoms with van der Waals surface area (Å²) in [5.74, 6) is -0.950. The number of aliphatic hydroxyl groups is 1. The summed E-state index contributed by atoms with van der Waals surface area (Å²) in [7, 11) is -3.86. The van der Waals surface area contributed by atoms with Crippen molar-refractivity contribution in [3.63, 3.8) is 0 Å².